The molecule has 0 heterocycles. The van der Waals surface area contributed by atoms with Crippen molar-refractivity contribution in [3.05, 3.63) is 12.7 Å². The van der Waals surface area contributed by atoms with Crippen molar-refractivity contribution in [2.24, 2.45) is 4.99 Å². The van der Waals surface area contributed by atoms with Crippen LogP contribution in [0.5, 0.6) is 0 Å². The lowest BCUT2D eigenvalue weighted by Gasteiger charge is -2.17. The summed E-state index contributed by atoms with van der Waals surface area (Å²) in [5.41, 5.74) is 0. The van der Waals surface area contributed by atoms with Gasteiger partial charge in [-0.25, -0.2) is 0 Å². The zero-order valence-corrected chi connectivity index (χ0v) is 8.14. The highest BCUT2D eigenvalue weighted by atomic mass is 28.4. The van der Waals surface area contributed by atoms with Gasteiger partial charge < -0.3 is 4.43 Å². The standard InChI is InChI=1S/C7H15NOSi/c1-6-7(8-2)9-10(3,4)5/h6H,1H2,2-5H3. The lowest BCUT2D eigenvalue weighted by Crippen LogP contribution is -2.28. The molecule has 0 aliphatic heterocycles. The Balaban J connectivity index is 4.01. The first-order chi connectivity index (χ1) is 4.49. The molecule has 0 bridgehead atoms. The Kier molecular flexibility index (Phi) is 3.36. The minimum Gasteiger partial charge on any atom is -0.532 e. The van der Waals surface area contributed by atoms with Crippen molar-refractivity contribution in [3.8, 4) is 0 Å². The molecule has 0 aromatic heterocycles. The van der Waals surface area contributed by atoms with Crippen LogP contribution < -0.4 is 0 Å². The maximum Gasteiger partial charge on any atom is 0.244 e. The monoisotopic (exact) mass is 157 g/mol. The third-order valence-electron chi connectivity index (χ3n) is 0.806. The second-order valence-electron chi connectivity index (χ2n) is 2.98. The van der Waals surface area contributed by atoms with Crippen molar-refractivity contribution in [3.63, 3.8) is 0 Å². The molecular weight excluding hydrogens is 142 g/mol. The van der Waals surface area contributed by atoms with Gasteiger partial charge in [-0.3, -0.25) is 4.99 Å². The van der Waals surface area contributed by atoms with Crippen molar-refractivity contribution in [1.29, 1.82) is 0 Å². The van der Waals surface area contributed by atoms with Gasteiger partial charge in [-0.2, -0.15) is 0 Å². The van der Waals surface area contributed by atoms with Crippen molar-refractivity contribution in [2.45, 2.75) is 19.6 Å². The van der Waals surface area contributed by atoms with Crippen molar-refractivity contribution >= 4 is 14.2 Å². The molecule has 0 spiro atoms. The SMILES string of the molecule is C=CC(=NC)O[Si](C)(C)C. The van der Waals surface area contributed by atoms with E-state index >= 15 is 0 Å². The van der Waals surface area contributed by atoms with E-state index in [4.69, 9.17) is 4.43 Å². The number of hydrogen-bond donors (Lipinski definition) is 0. The third kappa shape index (κ3) is 4.32. The molecule has 2 nitrogen and oxygen atoms in total. The van der Waals surface area contributed by atoms with Gasteiger partial charge in [-0.1, -0.05) is 6.58 Å². The van der Waals surface area contributed by atoms with Crippen molar-refractivity contribution in [1.82, 2.24) is 0 Å². The van der Waals surface area contributed by atoms with Gasteiger partial charge in [0.1, 0.15) is 0 Å². The number of hydrogen-bond acceptors (Lipinski definition) is 2. The highest BCUT2D eigenvalue weighted by Crippen LogP contribution is 2.03. The van der Waals surface area contributed by atoms with Gasteiger partial charge >= 0.3 is 0 Å². The van der Waals surface area contributed by atoms with Gasteiger partial charge in [0.2, 0.25) is 8.32 Å². The maximum atomic E-state index is 5.51. The highest BCUT2D eigenvalue weighted by Gasteiger charge is 2.16. The molecule has 0 rings (SSSR count). The summed E-state index contributed by atoms with van der Waals surface area (Å²) < 4.78 is 5.51. The summed E-state index contributed by atoms with van der Waals surface area (Å²) in [6, 6.07) is 0. The van der Waals surface area contributed by atoms with Crippen LogP contribution in [-0.2, 0) is 4.43 Å². The van der Waals surface area contributed by atoms with Crippen LogP contribution in [0.1, 0.15) is 0 Å². The molecule has 0 amide bonds. The molecule has 58 valence electrons. The van der Waals surface area contributed by atoms with Gasteiger partial charge in [-0.15, -0.1) is 0 Å². The predicted octanol–water partition coefficient (Wildman–Crippen LogP) is 2.05. The Labute approximate surface area is 63.8 Å². The Hall–Kier alpha value is -0.573. The summed E-state index contributed by atoms with van der Waals surface area (Å²) in [6.07, 6.45) is 1.64. The Morgan fingerprint density at radius 1 is 1.50 bits per heavy atom. The molecule has 0 aliphatic carbocycles. The van der Waals surface area contributed by atoms with E-state index in [9.17, 15) is 0 Å². The predicted molar refractivity (Wildman–Crippen MR) is 48.0 cm³/mol. The summed E-state index contributed by atoms with van der Waals surface area (Å²) >= 11 is 0. The molecule has 10 heavy (non-hydrogen) atoms. The Morgan fingerprint density at radius 3 is 2.10 bits per heavy atom. The van der Waals surface area contributed by atoms with Gasteiger partial charge in [-0.05, 0) is 25.7 Å². The molecule has 0 aliphatic rings. The van der Waals surface area contributed by atoms with Crippen LogP contribution in [-0.4, -0.2) is 21.3 Å². The molecule has 0 fully saturated rings. The minimum atomic E-state index is -1.46. The summed E-state index contributed by atoms with van der Waals surface area (Å²) in [7, 11) is 0.241. The van der Waals surface area contributed by atoms with Gasteiger partial charge in [0.25, 0.3) is 0 Å². The van der Waals surface area contributed by atoms with E-state index in [-0.39, 0.29) is 0 Å². The van der Waals surface area contributed by atoms with Crippen LogP contribution in [0.4, 0.5) is 0 Å². The zero-order chi connectivity index (χ0) is 8.20. The van der Waals surface area contributed by atoms with E-state index in [0.717, 1.165) is 0 Å². The second-order valence-corrected chi connectivity index (χ2v) is 7.41. The van der Waals surface area contributed by atoms with Gasteiger partial charge in [0.15, 0.2) is 5.90 Å². The third-order valence-corrected chi connectivity index (χ3v) is 1.63. The maximum absolute atomic E-state index is 5.51. The summed E-state index contributed by atoms with van der Waals surface area (Å²) in [5, 5.41) is 0. The van der Waals surface area contributed by atoms with E-state index in [1.54, 1.807) is 13.1 Å². The topological polar surface area (TPSA) is 21.6 Å². The fourth-order valence-corrected chi connectivity index (χ4v) is 1.29. The average molecular weight is 157 g/mol. The molecule has 0 N–H and O–H groups in total. The molecular formula is C7H15NOSi. The zero-order valence-electron chi connectivity index (χ0n) is 7.14. The second kappa shape index (κ2) is 3.56. The number of nitrogens with zero attached hydrogens (tertiary/aromatic N) is 1. The van der Waals surface area contributed by atoms with Crippen molar-refractivity contribution < 1.29 is 4.43 Å². The summed E-state index contributed by atoms with van der Waals surface area (Å²) in [5.74, 6) is 0.652. The van der Waals surface area contributed by atoms with E-state index in [1.807, 2.05) is 0 Å². The average Bonchev–Trinajstić information content (AvgIpc) is 1.81. The van der Waals surface area contributed by atoms with E-state index in [1.165, 1.54) is 0 Å². The van der Waals surface area contributed by atoms with E-state index < -0.39 is 8.32 Å². The van der Waals surface area contributed by atoms with E-state index in [0.29, 0.717) is 5.90 Å². The van der Waals surface area contributed by atoms with Crippen LogP contribution in [0.25, 0.3) is 0 Å². The molecule has 0 saturated heterocycles. The van der Waals surface area contributed by atoms with Gasteiger partial charge in [0, 0.05) is 7.05 Å². The highest BCUT2D eigenvalue weighted by molar-refractivity contribution is 6.71. The van der Waals surface area contributed by atoms with Crippen LogP contribution in [0.3, 0.4) is 0 Å². The Bertz CT molecular complexity index is 146. The largest absolute Gasteiger partial charge is 0.532 e. The van der Waals surface area contributed by atoms with E-state index in [2.05, 4.69) is 31.2 Å². The number of rotatable bonds is 2. The number of aliphatic imine (C=N–C) groups is 1. The van der Waals surface area contributed by atoms with Crippen molar-refractivity contribution in [2.75, 3.05) is 7.05 Å². The molecule has 3 heteroatoms. The minimum absolute atomic E-state index is 0.652. The lowest BCUT2D eigenvalue weighted by molar-refractivity contribution is 0.555. The van der Waals surface area contributed by atoms with Gasteiger partial charge in [0.05, 0.1) is 0 Å². The Morgan fingerprint density at radius 2 is 2.00 bits per heavy atom. The molecule has 0 radical (unpaired) electrons. The normalized spacial score (nSPS) is 13.0. The fourth-order valence-electron chi connectivity index (χ4n) is 0.492. The molecule has 0 saturated carbocycles. The van der Waals surface area contributed by atoms with Crippen LogP contribution in [0, 0.1) is 0 Å². The van der Waals surface area contributed by atoms with Crippen LogP contribution in [0.2, 0.25) is 19.6 Å². The smallest absolute Gasteiger partial charge is 0.244 e. The lowest BCUT2D eigenvalue weighted by atomic mass is 10.6. The molecule has 0 aromatic carbocycles. The molecule has 0 unspecified atom stereocenters. The fraction of sp³-hybridized carbons (Fsp3) is 0.571. The first-order valence-corrected chi connectivity index (χ1v) is 6.68. The quantitative estimate of drug-likeness (QED) is 0.341. The first-order valence-electron chi connectivity index (χ1n) is 3.28. The summed E-state index contributed by atoms with van der Waals surface area (Å²) in [6.45, 7) is 9.92. The first kappa shape index (κ1) is 9.43. The van der Waals surface area contributed by atoms with Crippen LogP contribution in [0.15, 0.2) is 17.6 Å². The van der Waals surface area contributed by atoms with Crippen LogP contribution >= 0.6 is 0 Å². The summed E-state index contributed by atoms with van der Waals surface area (Å²) in [4.78, 5) is 3.90. The molecule has 0 atom stereocenters. The molecule has 0 aromatic rings.